The van der Waals surface area contributed by atoms with Crippen LogP contribution in [0.3, 0.4) is 0 Å². The van der Waals surface area contributed by atoms with Gasteiger partial charge < -0.3 is 20.2 Å². The fourth-order valence-electron chi connectivity index (χ4n) is 2.98. The van der Waals surface area contributed by atoms with Crippen molar-refractivity contribution >= 4 is 16.9 Å². The number of carbonyl (C=O) groups is 1. The van der Waals surface area contributed by atoms with Crippen molar-refractivity contribution in [3.8, 4) is 0 Å². The van der Waals surface area contributed by atoms with Gasteiger partial charge in [0.1, 0.15) is 11.6 Å². The molecule has 0 aliphatic carbocycles. The van der Waals surface area contributed by atoms with Crippen molar-refractivity contribution < 1.29 is 15.2 Å². The van der Waals surface area contributed by atoms with E-state index in [0.29, 0.717) is 6.42 Å². The molecule has 1 atom stereocenters. The van der Waals surface area contributed by atoms with Crippen molar-refractivity contribution in [2.24, 2.45) is 0 Å². The molecule has 0 unspecified atom stereocenters. The minimum absolute atomic E-state index is 0.267. The maximum Gasteiger partial charge on any atom is 0.132 e. The van der Waals surface area contributed by atoms with Crippen LogP contribution in [-0.4, -0.2) is 17.0 Å². The lowest BCUT2D eigenvalue weighted by atomic mass is 9.86. The Kier molecular flexibility index (Phi) is 2.25. The van der Waals surface area contributed by atoms with Crippen molar-refractivity contribution in [3.63, 3.8) is 0 Å². The molecule has 1 aromatic carbocycles. The van der Waals surface area contributed by atoms with Crippen LogP contribution in [0, 0.1) is 0 Å². The molecule has 2 aromatic rings. The number of carboxylic acids is 1. The minimum atomic E-state index is -0.987. The number of aromatic nitrogens is 1. The third-order valence-corrected chi connectivity index (χ3v) is 3.80. The number of nitrogens with one attached hydrogen (secondary N) is 1. The van der Waals surface area contributed by atoms with Gasteiger partial charge in [-0.25, -0.2) is 0 Å². The Morgan fingerprint density at radius 1 is 1.44 bits per heavy atom. The first-order valence-electron chi connectivity index (χ1n) is 6.16. The predicted octanol–water partition coefficient (Wildman–Crippen LogP) is -0.359. The van der Waals surface area contributed by atoms with Crippen LogP contribution in [0.5, 0.6) is 0 Å². The second-order valence-electron chi connectivity index (χ2n) is 5.54. The van der Waals surface area contributed by atoms with E-state index in [4.69, 9.17) is 0 Å². The van der Waals surface area contributed by atoms with Gasteiger partial charge >= 0.3 is 0 Å². The second-order valence-corrected chi connectivity index (χ2v) is 5.54. The highest BCUT2D eigenvalue weighted by Crippen LogP contribution is 2.31. The van der Waals surface area contributed by atoms with Gasteiger partial charge in [0.15, 0.2) is 0 Å². The molecule has 0 bridgehead atoms. The van der Waals surface area contributed by atoms with Crippen LogP contribution in [0.4, 0.5) is 0 Å². The summed E-state index contributed by atoms with van der Waals surface area (Å²) >= 11 is 0. The lowest BCUT2D eigenvalue weighted by Crippen LogP contribution is -3.02. The van der Waals surface area contributed by atoms with Gasteiger partial charge in [0.05, 0.1) is 11.7 Å². The summed E-state index contributed by atoms with van der Waals surface area (Å²) in [7, 11) is 0. The summed E-state index contributed by atoms with van der Waals surface area (Å²) in [5, 5.41) is 14.2. The summed E-state index contributed by atoms with van der Waals surface area (Å²) < 4.78 is 0. The molecular weight excluding hydrogens is 228 g/mol. The third kappa shape index (κ3) is 1.53. The first-order chi connectivity index (χ1) is 8.49. The predicted molar refractivity (Wildman–Crippen MR) is 65.7 cm³/mol. The van der Waals surface area contributed by atoms with Crippen LogP contribution >= 0.6 is 0 Å². The molecule has 3 N–H and O–H groups in total. The molecule has 2 heterocycles. The van der Waals surface area contributed by atoms with Crippen molar-refractivity contribution in [2.75, 3.05) is 0 Å². The first-order valence-corrected chi connectivity index (χ1v) is 6.16. The Bertz CT molecular complexity index is 628. The van der Waals surface area contributed by atoms with Crippen LogP contribution in [-0.2, 0) is 16.8 Å². The van der Waals surface area contributed by atoms with Gasteiger partial charge in [-0.05, 0) is 25.5 Å². The summed E-state index contributed by atoms with van der Waals surface area (Å²) in [6.45, 7) is 4.08. The van der Waals surface area contributed by atoms with E-state index in [1.807, 2.05) is 43.4 Å². The molecule has 4 heteroatoms. The Hall–Kier alpha value is -1.81. The van der Waals surface area contributed by atoms with E-state index in [1.54, 1.807) is 0 Å². The first kappa shape index (κ1) is 11.3. The van der Waals surface area contributed by atoms with Crippen LogP contribution in [0.15, 0.2) is 24.3 Å². The summed E-state index contributed by atoms with van der Waals surface area (Å²) in [4.78, 5) is 14.6. The van der Waals surface area contributed by atoms with Gasteiger partial charge in [-0.3, -0.25) is 0 Å². The summed E-state index contributed by atoms with van der Waals surface area (Å²) in [6.07, 6.45) is 0.519. The van der Waals surface area contributed by atoms with Gasteiger partial charge in [-0.2, -0.15) is 0 Å². The Labute approximate surface area is 105 Å². The number of benzene rings is 1. The molecule has 0 radical (unpaired) electrons. The monoisotopic (exact) mass is 244 g/mol. The van der Waals surface area contributed by atoms with Crippen molar-refractivity contribution in [1.29, 1.82) is 0 Å². The molecule has 0 spiro atoms. The van der Waals surface area contributed by atoms with Gasteiger partial charge in [0.25, 0.3) is 0 Å². The van der Waals surface area contributed by atoms with Crippen molar-refractivity contribution in [2.45, 2.75) is 31.8 Å². The largest absolute Gasteiger partial charge is 0.544 e. The van der Waals surface area contributed by atoms with Gasteiger partial charge in [0.2, 0.25) is 0 Å². The molecule has 3 rings (SSSR count). The third-order valence-electron chi connectivity index (χ3n) is 3.80. The normalized spacial score (nSPS) is 21.8. The van der Waals surface area contributed by atoms with E-state index in [1.165, 1.54) is 0 Å². The molecule has 1 aliphatic rings. The average Bonchev–Trinajstić information content (AvgIpc) is 2.68. The van der Waals surface area contributed by atoms with E-state index in [9.17, 15) is 9.90 Å². The SMILES string of the molecule is CC1(C)[NH2+][C@H](C(=O)[O-])Cc2c1[nH]c1ccccc21. The van der Waals surface area contributed by atoms with Gasteiger partial charge in [-0.1, -0.05) is 18.2 Å². The molecule has 4 nitrogen and oxygen atoms in total. The standard InChI is InChI=1S/C14H16N2O2/c1-14(2)12-9(7-11(16-14)13(17)18)8-5-3-4-6-10(8)15-12/h3-6,11,15-16H,7H2,1-2H3,(H,17,18)/t11-/m0/s1. The van der Waals surface area contributed by atoms with E-state index in [2.05, 4.69) is 4.98 Å². The van der Waals surface area contributed by atoms with Crippen LogP contribution in [0.25, 0.3) is 10.9 Å². The highest BCUT2D eigenvalue weighted by molar-refractivity contribution is 5.86. The Balaban J connectivity index is 2.22. The molecule has 1 aliphatic heterocycles. The van der Waals surface area contributed by atoms with Crippen LogP contribution in [0.2, 0.25) is 0 Å². The number of hydrogen-bond acceptors (Lipinski definition) is 2. The zero-order valence-corrected chi connectivity index (χ0v) is 10.5. The highest BCUT2D eigenvalue weighted by Gasteiger charge is 2.39. The van der Waals surface area contributed by atoms with Crippen molar-refractivity contribution in [1.82, 2.24) is 4.98 Å². The number of carboxylic acid groups (broad SMARTS) is 1. The minimum Gasteiger partial charge on any atom is -0.544 e. The lowest BCUT2D eigenvalue weighted by molar-refractivity contribution is -0.757. The van der Waals surface area contributed by atoms with E-state index in [0.717, 1.165) is 22.2 Å². The molecule has 0 saturated carbocycles. The summed E-state index contributed by atoms with van der Waals surface area (Å²) in [6, 6.07) is 7.52. The fourth-order valence-corrected chi connectivity index (χ4v) is 2.98. The number of para-hydroxylation sites is 1. The lowest BCUT2D eigenvalue weighted by Gasteiger charge is -2.34. The number of H-pyrrole nitrogens is 1. The quantitative estimate of drug-likeness (QED) is 0.719. The average molecular weight is 244 g/mol. The molecule has 18 heavy (non-hydrogen) atoms. The zero-order valence-electron chi connectivity index (χ0n) is 10.5. The highest BCUT2D eigenvalue weighted by atomic mass is 16.4. The number of aliphatic carboxylic acids is 1. The Morgan fingerprint density at radius 2 is 2.17 bits per heavy atom. The van der Waals surface area contributed by atoms with Gasteiger partial charge in [0, 0.05) is 17.3 Å². The summed E-state index contributed by atoms with van der Waals surface area (Å²) in [5.41, 5.74) is 3.05. The van der Waals surface area contributed by atoms with Gasteiger partial charge in [-0.15, -0.1) is 0 Å². The number of rotatable bonds is 1. The maximum absolute atomic E-state index is 11.2. The van der Waals surface area contributed by atoms with E-state index < -0.39 is 12.0 Å². The van der Waals surface area contributed by atoms with Crippen LogP contribution in [0.1, 0.15) is 25.1 Å². The fraction of sp³-hybridized carbons (Fsp3) is 0.357. The number of quaternary nitrogens is 1. The molecular formula is C14H16N2O2. The smallest absolute Gasteiger partial charge is 0.132 e. The summed E-state index contributed by atoms with van der Waals surface area (Å²) in [5.74, 6) is -0.987. The number of nitrogens with two attached hydrogens (primary N) is 1. The molecule has 94 valence electrons. The number of aromatic amines is 1. The van der Waals surface area contributed by atoms with E-state index >= 15 is 0 Å². The van der Waals surface area contributed by atoms with E-state index in [-0.39, 0.29) is 5.54 Å². The van der Waals surface area contributed by atoms with Crippen molar-refractivity contribution in [3.05, 3.63) is 35.5 Å². The molecule has 0 amide bonds. The zero-order chi connectivity index (χ0) is 12.9. The number of hydrogen-bond donors (Lipinski definition) is 2. The molecule has 0 fully saturated rings. The maximum atomic E-state index is 11.2. The number of carbonyl (C=O) groups excluding carboxylic acids is 1. The topological polar surface area (TPSA) is 72.5 Å². The molecule has 0 saturated heterocycles. The van der Waals surface area contributed by atoms with Crippen LogP contribution < -0.4 is 10.4 Å². The molecule has 1 aromatic heterocycles. The Morgan fingerprint density at radius 3 is 2.89 bits per heavy atom. The number of fused-ring (bicyclic) bond motifs is 3. The second kappa shape index (κ2) is 3.59.